The summed E-state index contributed by atoms with van der Waals surface area (Å²) in [6, 6.07) is 0. The molecule has 4 heteroatoms. The Morgan fingerprint density at radius 2 is 2.00 bits per heavy atom. The fraction of sp³-hybridized carbons (Fsp3) is 0.640. The monoisotopic (exact) mass is 397 g/mol. The Morgan fingerprint density at radius 3 is 2.69 bits per heavy atom. The summed E-state index contributed by atoms with van der Waals surface area (Å²) in [5, 5.41) is 25.0. The van der Waals surface area contributed by atoms with E-state index in [2.05, 4.69) is 57.3 Å². The highest BCUT2D eigenvalue weighted by molar-refractivity contribution is 5.98. The quantitative estimate of drug-likeness (QED) is 0.630. The lowest BCUT2D eigenvalue weighted by Crippen LogP contribution is -2.44. The second kappa shape index (κ2) is 6.68. The van der Waals surface area contributed by atoms with Gasteiger partial charge in [0.05, 0.1) is 5.60 Å². The molecule has 3 aliphatic carbocycles. The summed E-state index contributed by atoms with van der Waals surface area (Å²) >= 11 is 0. The van der Waals surface area contributed by atoms with Crippen LogP contribution in [0.3, 0.4) is 0 Å². The average Bonchev–Trinajstić information content (AvgIpc) is 3.07. The predicted octanol–water partition coefficient (Wildman–Crippen LogP) is 4.02. The van der Waals surface area contributed by atoms with Crippen LogP contribution in [0.15, 0.2) is 47.1 Å². The fourth-order valence-electron chi connectivity index (χ4n) is 6.54. The molecule has 1 heterocycles. The van der Waals surface area contributed by atoms with Crippen LogP contribution in [0.4, 0.5) is 0 Å². The lowest BCUT2D eigenvalue weighted by molar-refractivity contribution is -0.121. The molecular weight excluding hydrogens is 362 g/mol. The van der Waals surface area contributed by atoms with Crippen LogP contribution in [-0.4, -0.2) is 27.4 Å². The van der Waals surface area contributed by atoms with Crippen LogP contribution in [0.2, 0.25) is 0 Å². The molecule has 1 amide bonds. The SMILES string of the molecule is CC(C)=C/C=C\[C@H](C)[C@H]1CC[C@]2(C)C[C@H]3[C@@H]4/C(=C\C=C12)C(=O)N[C@]4(O)C[C@@]3(C)O. The number of fused-ring (bicyclic) bond motifs is 1. The van der Waals surface area contributed by atoms with Gasteiger partial charge in [0.1, 0.15) is 5.72 Å². The van der Waals surface area contributed by atoms with Gasteiger partial charge in [0, 0.05) is 23.8 Å². The van der Waals surface area contributed by atoms with Crippen molar-refractivity contribution in [3.05, 3.63) is 47.1 Å². The molecule has 1 saturated heterocycles. The first kappa shape index (κ1) is 20.6. The van der Waals surface area contributed by atoms with Crippen molar-refractivity contribution in [2.24, 2.45) is 29.1 Å². The third-order valence-electron chi connectivity index (χ3n) is 7.97. The van der Waals surface area contributed by atoms with E-state index < -0.39 is 11.3 Å². The Kier molecular flexibility index (Phi) is 4.75. The topological polar surface area (TPSA) is 69.6 Å². The first-order valence-electron chi connectivity index (χ1n) is 11.0. The van der Waals surface area contributed by atoms with Crippen molar-refractivity contribution in [2.45, 2.75) is 71.6 Å². The molecule has 0 aromatic heterocycles. The minimum atomic E-state index is -1.32. The van der Waals surface area contributed by atoms with E-state index in [1.807, 2.05) is 13.0 Å². The van der Waals surface area contributed by atoms with E-state index in [-0.39, 0.29) is 29.6 Å². The average molecular weight is 398 g/mol. The lowest BCUT2D eigenvalue weighted by Gasteiger charge is -2.39. The number of rotatable bonds is 3. The molecule has 0 unspecified atom stereocenters. The van der Waals surface area contributed by atoms with E-state index in [1.165, 1.54) is 11.1 Å². The summed E-state index contributed by atoms with van der Waals surface area (Å²) < 4.78 is 0. The molecule has 0 spiro atoms. The maximum absolute atomic E-state index is 12.6. The van der Waals surface area contributed by atoms with Crippen molar-refractivity contribution >= 4 is 5.91 Å². The van der Waals surface area contributed by atoms with Crippen LogP contribution >= 0.6 is 0 Å². The van der Waals surface area contributed by atoms with Crippen molar-refractivity contribution in [1.29, 1.82) is 0 Å². The van der Waals surface area contributed by atoms with Gasteiger partial charge < -0.3 is 15.5 Å². The van der Waals surface area contributed by atoms with Crippen LogP contribution < -0.4 is 5.32 Å². The standard InChI is InChI=1S/C25H35NO3/c1-15(2)7-6-8-16(3)17-11-12-23(4)13-20-21-18(9-10-19(17)23)22(27)26-25(21,29)14-24(20,5)28/h6-10,16-17,20-21,28-29H,11-14H2,1-5H3,(H,26,27)/b8-6-,18-9+,19-10?/t16-,17+,20-,21-,23+,24+,25-/m0/s1. The van der Waals surface area contributed by atoms with Gasteiger partial charge in [-0.25, -0.2) is 0 Å². The summed E-state index contributed by atoms with van der Waals surface area (Å²) in [5.41, 5.74) is 0.972. The molecule has 2 saturated carbocycles. The second-order valence-electron chi connectivity index (χ2n) is 10.6. The first-order chi connectivity index (χ1) is 13.5. The molecule has 0 bridgehead atoms. The van der Waals surface area contributed by atoms with Gasteiger partial charge in [0.25, 0.3) is 0 Å². The van der Waals surface area contributed by atoms with E-state index in [4.69, 9.17) is 0 Å². The summed E-state index contributed by atoms with van der Waals surface area (Å²) in [5.74, 6) is 0.176. The molecule has 1 aliphatic heterocycles. The number of carbonyl (C=O) groups is 1. The molecule has 29 heavy (non-hydrogen) atoms. The number of carbonyl (C=O) groups excluding carboxylic acids is 1. The van der Waals surface area contributed by atoms with Gasteiger partial charge in [-0.15, -0.1) is 0 Å². The molecule has 0 radical (unpaired) electrons. The molecule has 3 N–H and O–H groups in total. The summed E-state index contributed by atoms with van der Waals surface area (Å²) in [6.45, 7) is 10.6. The van der Waals surface area contributed by atoms with Crippen LogP contribution in [0, 0.1) is 29.1 Å². The largest absolute Gasteiger partial charge is 0.390 e. The van der Waals surface area contributed by atoms with E-state index >= 15 is 0 Å². The second-order valence-corrected chi connectivity index (χ2v) is 10.6. The normalized spacial score (nSPS) is 46.2. The summed E-state index contributed by atoms with van der Waals surface area (Å²) in [6.07, 6.45) is 13.8. The van der Waals surface area contributed by atoms with E-state index in [9.17, 15) is 15.0 Å². The highest BCUT2D eigenvalue weighted by Crippen LogP contribution is 2.61. The van der Waals surface area contributed by atoms with E-state index in [1.54, 1.807) is 0 Å². The zero-order valence-electron chi connectivity index (χ0n) is 18.3. The number of nitrogens with one attached hydrogen (secondary N) is 1. The van der Waals surface area contributed by atoms with Gasteiger partial charge in [0.15, 0.2) is 0 Å². The maximum atomic E-state index is 12.6. The van der Waals surface area contributed by atoms with Crippen LogP contribution in [0.25, 0.3) is 0 Å². The molecular formula is C25H35NO3. The van der Waals surface area contributed by atoms with Gasteiger partial charge in [-0.3, -0.25) is 4.79 Å². The van der Waals surface area contributed by atoms with Crippen molar-refractivity contribution in [3.8, 4) is 0 Å². The Labute approximate surface area is 174 Å². The number of aliphatic hydroxyl groups is 2. The summed E-state index contributed by atoms with van der Waals surface area (Å²) in [4.78, 5) is 12.6. The van der Waals surface area contributed by atoms with Gasteiger partial charge in [0.2, 0.25) is 5.91 Å². The third kappa shape index (κ3) is 3.25. The van der Waals surface area contributed by atoms with Crippen molar-refractivity contribution in [2.75, 3.05) is 0 Å². The maximum Gasteiger partial charge on any atom is 0.249 e. The minimum Gasteiger partial charge on any atom is -0.390 e. The van der Waals surface area contributed by atoms with Crippen LogP contribution in [-0.2, 0) is 4.79 Å². The zero-order valence-corrected chi connectivity index (χ0v) is 18.3. The Morgan fingerprint density at radius 1 is 1.28 bits per heavy atom. The van der Waals surface area contributed by atoms with Crippen LogP contribution in [0.5, 0.6) is 0 Å². The molecule has 7 atom stereocenters. The molecule has 4 nitrogen and oxygen atoms in total. The highest BCUT2D eigenvalue weighted by atomic mass is 16.3. The van der Waals surface area contributed by atoms with Crippen molar-refractivity contribution in [3.63, 3.8) is 0 Å². The number of allylic oxidation sites excluding steroid dienone is 7. The Balaban J connectivity index is 1.73. The van der Waals surface area contributed by atoms with Gasteiger partial charge in [-0.05, 0) is 57.3 Å². The van der Waals surface area contributed by atoms with E-state index in [0.29, 0.717) is 17.4 Å². The number of hydrogen-bond donors (Lipinski definition) is 3. The van der Waals surface area contributed by atoms with Gasteiger partial charge >= 0.3 is 0 Å². The Bertz CT molecular complexity index is 844. The number of hydrogen-bond acceptors (Lipinski definition) is 3. The molecule has 0 aromatic carbocycles. The lowest BCUT2D eigenvalue weighted by atomic mass is 9.66. The molecule has 4 aliphatic rings. The van der Waals surface area contributed by atoms with E-state index in [0.717, 1.165) is 19.3 Å². The smallest absolute Gasteiger partial charge is 0.249 e. The molecule has 0 aromatic rings. The van der Waals surface area contributed by atoms with Gasteiger partial charge in [-0.2, -0.15) is 0 Å². The molecule has 4 rings (SSSR count). The molecule has 158 valence electrons. The predicted molar refractivity (Wildman–Crippen MR) is 115 cm³/mol. The zero-order chi connectivity index (χ0) is 21.2. The minimum absolute atomic E-state index is 0.0170. The third-order valence-corrected chi connectivity index (χ3v) is 7.97. The van der Waals surface area contributed by atoms with Crippen LogP contribution in [0.1, 0.15) is 60.3 Å². The Hall–Kier alpha value is -1.65. The van der Waals surface area contributed by atoms with Crippen molar-refractivity contribution in [1.82, 2.24) is 5.32 Å². The summed E-state index contributed by atoms with van der Waals surface area (Å²) in [7, 11) is 0. The number of amides is 1. The fourth-order valence-corrected chi connectivity index (χ4v) is 6.54. The molecule has 3 fully saturated rings. The van der Waals surface area contributed by atoms with Crippen molar-refractivity contribution < 1.29 is 15.0 Å². The first-order valence-corrected chi connectivity index (χ1v) is 11.0. The van der Waals surface area contributed by atoms with Gasteiger partial charge in [-0.1, -0.05) is 55.4 Å². The highest BCUT2D eigenvalue weighted by Gasteiger charge is 2.65.